The smallest absolute Gasteiger partial charge is 0.336 e. The summed E-state index contributed by atoms with van der Waals surface area (Å²) in [5.74, 6) is -1.35. The van der Waals surface area contributed by atoms with Gasteiger partial charge in [-0.2, -0.15) is 0 Å². The molecule has 9 nitrogen and oxygen atoms in total. The molecule has 0 aromatic carbocycles. The molecule has 0 fully saturated rings. The first kappa shape index (κ1) is 18.6. The summed E-state index contributed by atoms with van der Waals surface area (Å²) in [7, 11) is 0. The fourth-order valence-electron chi connectivity index (χ4n) is 2.05. The number of aromatic nitrogens is 3. The molecular formula is C14H21N3O6. The molecule has 0 aliphatic heterocycles. The van der Waals surface area contributed by atoms with E-state index >= 15 is 0 Å². The van der Waals surface area contributed by atoms with Crippen molar-refractivity contribution in [3.63, 3.8) is 0 Å². The molecule has 0 spiro atoms. The topological polar surface area (TPSA) is 120 Å². The van der Waals surface area contributed by atoms with Gasteiger partial charge in [0.2, 0.25) is 0 Å². The highest BCUT2D eigenvalue weighted by molar-refractivity contribution is 5.75. The quantitative estimate of drug-likeness (QED) is 0.648. The number of rotatable bonds is 9. The van der Waals surface area contributed by atoms with Crippen LogP contribution in [0.1, 0.15) is 39.5 Å². The highest BCUT2D eigenvalue weighted by atomic mass is 16.4. The predicted octanol–water partition coefficient (Wildman–Crippen LogP) is -0.574. The van der Waals surface area contributed by atoms with Crippen molar-refractivity contribution in [3.05, 3.63) is 31.5 Å². The van der Waals surface area contributed by atoms with Crippen LogP contribution in [-0.4, -0.2) is 30.6 Å². The third-order valence-corrected chi connectivity index (χ3v) is 3.36. The summed E-state index contributed by atoms with van der Waals surface area (Å²) in [4.78, 5) is 58.6. The minimum atomic E-state index is -1.15. The van der Waals surface area contributed by atoms with E-state index in [9.17, 15) is 24.0 Å². The van der Waals surface area contributed by atoms with Gasteiger partial charge in [-0.05, 0) is 13.3 Å². The number of Topliss-reactive ketones (excluding diaryl/α,β-unsaturated/α-hetero) is 1. The molecule has 0 aliphatic rings. The molecule has 0 atom stereocenters. The summed E-state index contributed by atoms with van der Waals surface area (Å²) in [6.45, 7) is 2.91. The molecule has 1 N–H and O–H groups in total. The lowest BCUT2D eigenvalue weighted by Gasteiger charge is -2.13. The summed E-state index contributed by atoms with van der Waals surface area (Å²) in [5.41, 5.74) is -2.45. The highest BCUT2D eigenvalue weighted by Crippen LogP contribution is 1.90. The predicted molar refractivity (Wildman–Crippen MR) is 81.7 cm³/mol. The molecule has 1 aromatic rings. The van der Waals surface area contributed by atoms with E-state index in [1.807, 2.05) is 6.92 Å². The largest absolute Gasteiger partial charge is 0.481 e. The van der Waals surface area contributed by atoms with Crippen LogP contribution in [-0.2, 0) is 29.2 Å². The van der Waals surface area contributed by atoms with Gasteiger partial charge in [0, 0.05) is 26.1 Å². The van der Waals surface area contributed by atoms with Gasteiger partial charge in [-0.15, -0.1) is 0 Å². The number of aliphatic carboxylic acids is 1. The van der Waals surface area contributed by atoms with Crippen molar-refractivity contribution in [3.8, 4) is 0 Å². The van der Waals surface area contributed by atoms with E-state index in [1.54, 1.807) is 0 Å². The van der Waals surface area contributed by atoms with Crippen LogP contribution in [0.5, 0.6) is 0 Å². The van der Waals surface area contributed by atoms with Crippen LogP contribution >= 0.6 is 0 Å². The third-order valence-electron chi connectivity index (χ3n) is 3.36. The number of carboxylic acid groups (broad SMARTS) is 1. The van der Waals surface area contributed by atoms with Crippen LogP contribution in [0.3, 0.4) is 0 Å². The molecule has 1 rings (SSSR count). The molecule has 1 aromatic heterocycles. The van der Waals surface area contributed by atoms with Gasteiger partial charge >= 0.3 is 23.0 Å². The molecular weight excluding hydrogens is 306 g/mol. The van der Waals surface area contributed by atoms with Crippen molar-refractivity contribution in [2.75, 3.05) is 0 Å². The molecule has 0 saturated carbocycles. The van der Waals surface area contributed by atoms with Crippen molar-refractivity contribution < 1.29 is 14.7 Å². The molecule has 0 aliphatic carbocycles. The lowest BCUT2D eigenvalue weighted by atomic mass is 10.3. The van der Waals surface area contributed by atoms with Crippen molar-refractivity contribution in [2.45, 2.75) is 59.2 Å². The number of unbranched alkanes of at least 4 members (excludes halogenated alkanes) is 1. The average Bonchev–Trinajstić information content (AvgIpc) is 2.46. The van der Waals surface area contributed by atoms with Crippen molar-refractivity contribution in [1.82, 2.24) is 13.7 Å². The first-order valence-electron chi connectivity index (χ1n) is 7.45. The highest BCUT2D eigenvalue weighted by Gasteiger charge is 2.16. The van der Waals surface area contributed by atoms with Gasteiger partial charge in [0.25, 0.3) is 0 Å². The van der Waals surface area contributed by atoms with Gasteiger partial charge in [-0.1, -0.05) is 13.3 Å². The Morgan fingerprint density at radius 2 is 1.30 bits per heavy atom. The Kier molecular flexibility index (Phi) is 6.67. The molecule has 9 heteroatoms. The zero-order valence-corrected chi connectivity index (χ0v) is 13.3. The molecule has 1 heterocycles. The van der Waals surface area contributed by atoms with Gasteiger partial charge < -0.3 is 5.11 Å². The summed E-state index contributed by atoms with van der Waals surface area (Å²) in [6.07, 6.45) is 0.889. The van der Waals surface area contributed by atoms with Gasteiger partial charge in [-0.3, -0.25) is 9.59 Å². The maximum absolute atomic E-state index is 12.3. The fourth-order valence-corrected chi connectivity index (χ4v) is 2.05. The van der Waals surface area contributed by atoms with E-state index in [-0.39, 0.29) is 31.8 Å². The van der Waals surface area contributed by atoms with Crippen LogP contribution in [0, 0.1) is 0 Å². The standard InChI is InChI=1S/C14H21N3O6/c1-3-4-7-15-12(21)16(8-5-10(2)18)14(23)17(13(15)22)9-6-11(19)20/h3-9H2,1-2H3,(H,19,20). The van der Waals surface area contributed by atoms with Gasteiger partial charge in [0.15, 0.2) is 0 Å². The van der Waals surface area contributed by atoms with E-state index < -0.39 is 29.5 Å². The Morgan fingerprint density at radius 1 is 0.870 bits per heavy atom. The summed E-state index contributed by atoms with van der Waals surface area (Å²) in [6, 6.07) is 0. The third kappa shape index (κ3) is 4.76. The zero-order valence-electron chi connectivity index (χ0n) is 13.3. The monoisotopic (exact) mass is 327 g/mol. The van der Waals surface area contributed by atoms with E-state index in [4.69, 9.17) is 5.11 Å². The second-order valence-electron chi connectivity index (χ2n) is 5.25. The summed E-state index contributed by atoms with van der Waals surface area (Å²) < 4.78 is 2.48. The average molecular weight is 327 g/mol. The van der Waals surface area contributed by atoms with Crippen LogP contribution in [0.15, 0.2) is 14.4 Å². The Bertz CT molecular complexity index is 699. The minimum absolute atomic E-state index is 0.0138. The molecule has 0 saturated heterocycles. The summed E-state index contributed by atoms with van der Waals surface area (Å²) in [5, 5.41) is 8.73. The molecule has 0 amide bonds. The van der Waals surface area contributed by atoms with Gasteiger partial charge in [0.05, 0.1) is 6.42 Å². The van der Waals surface area contributed by atoms with Crippen molar-refractivity contribution in [1.29, 1.82) is 0 Å². The number of carbonyl (C=O) groups excluding carboxylic acids is 1. The Balaban J connectivity index is 3.43. The molecule has 0 radical (unpaired) electrons. The van der Waals surface area contributed by atoms with Crippen LogP contribution in [0.25, 0.3) is 0 Å². The number of carboxylic acids is 1. The van der Waals surface area contributed by atoms with Gasteiger partial charge in [-0.25, -0.2) is 28.1 Å². The number of nitrogens with zero attached hydrogens (tertiary/aromatic N) is 3. The van der Waals surface area contributed by atoms with Crippen LogP contribution in [0.4, 0.5) is 0 Å². The maximum atomic E-state index is 12.3. The molecule has 0 unspecified atom stereocenters. The van der Waals surface area contributed by atoms with Crippen LogP contribution < -0.4 is 17.1 Å². The molecule has 0 bridgehead atoms. The molecule has 128 valence electrons. The summed E-state index contributed by atoms with van der Waals surface area (Å²) >= 11 is 0. The molecule has 23 heavy (non-hydrogen) atoms. The minimum Gasteiger partial charge on any atom is -0.481 e. The van der Waals surface area contributed by atoms with E-state index in [0.29, 0.717) is 6.42 Å². The lowest BCUT2D eigenvalue weighted by Crippen LogP contribution is -2.54. The van der Waals surface area contributed by atoms with Crippen LogP contribution in [0.2, 0.25) is 0 Å². The SMILES string of the molecule is CCCCn1c(=O)n(CCC(C)=O)c(=O)n(CCC(=O)O)c1=O. The van der Waals surface area contributed by atoms with Crippen molar-refractivity contribution in [2.24, 2.45) is 0 Å². The lowest BCUT2D eigenvalue weighted by molar-refractivity contribution is -0.137. The second-order valence-corrected chi connectivity index (χ2v) is 5.25. The van der Waals surface area contributed by atoms with Gasteiger partial charge in [0.1, 0.15) is 5.78 Å². The maximum Gasteiger partial charge on any atom is 0.336 e. The van der Waals surface area contributed by atoms with Crippen molar-refractivity contribution >= 4 is 11.8 Å². The van der Waals surface area contributed by atoms with E-state index in [1.165, 1.54) is 6.92 Å². The first-order valence-corrected chi connectivity index (χ1v) is 7.45. The van der Waals surface area contributed by atoms with E-state index in [0.717, 1.165) is 20.1 Å². The first-order chi connectivity index (χ1) is 10.8. The normalized spacial score (nSPS) is 10.7. The number of ketones is 1. The number of hydrogen-bond donors (Lipinski definition) is 1. The second kappa shape index (κ2) is 8.25. The Morgan fingerprint density at radius 3 is 1.70 bits per heavy atom. The van der Waals surface area contributed by atoms with E-state index in [2.05, 4.69) is 0 Å². The Labute approximate surface area is 131 Å². The fraction of sp³-hybridized carbons (Fsp3) is 0.643. The number of carbonyl (C=O) groups is 2. The zero-order chi connectivity index (χ0) is 17.6. The Hall–Kier alpha value is -2.45. The number of hydrogen-bond acceptors (Lipinski definition) is 5.